The highest BCUT2D eigenvalue weighted by Gasteiger charge is 2.67. The van der Waals surface area contributed by atoms with Crippen LogP contribution in [0.3, 0.4) is 0 Å². The fourth-order valence-electron chi connectivity index (χ4n) is 5.39. The van der Waals surface area contributed by atoms with E-state index in [0.29, 0.717) is 37.8 Å². The molecule has 1 fully saturated rings. The fraction of sp³-hybridized carbons (Fsp3) is 0.269. The van der Waals surface area contributed by atoms with Crippen LogP contribution >= 0.6 is 27.5 Å². The number of ether oxygens (including phenoxy) is 2. The van der Waals surface area contributed by atoms with E-state index < -0.39 is 23.4 Å². The van der Waals surface area contributed by atoms with Crippen LogP contribution in [0.25, 0.3) is 0 Å². The lowest BCUT2D eigenvalue weighted by molar-refractivity contribution is -0.532. The number of fused-ring (bicyclic) bond motifs is 2. The molecule has 2 aliphatic rings. The minimum atomic E-state index is -1.48. The highest BCUT2D eigenvalue weighted by molar-refractivity contribution is 9.10. The molecule has 2 N–H and O–H groups in total. The van der Waals surface area contributed by atoms with Gasteiger partial charge in [-0.25, -0.2) is 0 Å². The smallest absolute Gasteiger partial charge is 0.256 e. The highest BCUT2D eigenvalue weighted by Crippen LogP contribution is 2.51. The van der Waals surface area contributed by atoms with Crippen molar-refractivity contribution in [1.82, 2.24) is 5.32 Å². The summed E-state index contributed by atoms with van der Waals surface area (Å²) in [6, 6.07) is 16.4. The van der Waals surface area contributed by atoms with Crippen molar-refractivity contribution in [1.29, 1.82) is 0 Å². The summed E-state index contributed by atoms with van der Waals surface area (Å²) in [7, 11) is 1.51. The second kappa shape index (κ2) is 9.38. The van der Waals surface area contributed by atoms with E-state index in [1.54, 1.807) is 42.5 Å². The Bertz CT molecular complexity index is 1370. The van der Waals surface area contributed by atoms with Crippen LogP contribution in [0.1, 0.15) is 29.5 Å². The molecule has 4 atom stereocenters. The molecule has 0 saturated carbocycles. The van der Waals surface area contributed by atoms with Crippen molar-refractivity contribution >= 4 is 39.1 Å². The van der Waals surface area contributed by atoms with Gasteiger partial charge in [0, 0.05) is 32.8 Å². The van der Waals surface area contributed by atoms with Gasteiger partial charge >= 0.3 is 0 Å². The third-order valence-corrected chi connectivity index (χ3v) is 7.89. The van der Waals surface area contributed by atoms with Crippen molar-refractivity contribution < 1.29 is 19.2 Å². The molecule has 3 aromatic carbocycles. The molecule has 8 nitrogen and oxygen atoms in total. The maximum absolute atomic E-state index is 13.2. The zero-order chi connectivity index (χ0) is 25.6. The number of carbonyl (C=O) groups is 1. The van der Waals surface area contributed by atoms with Crippen LogP contribution in [0, 0.1) is 10.1 Å². The van der Waals surface area contributed by atoms with Gasteiger partial charge < -0.3 is 14.8 Å². The number of nitrogens with one attached hydrogen (secondary N) is 2. The number of rotatable bonds is 6. The number of hydrogen-bond acceptors (Lipinski definition) is 6. The van der Waals surface area contributed by atoms with E-state index in [1.165, 1.54) is 7.11 Å². The summed E-state index contributed by atoms with van der Waals surface area (Å²) in [5, 5.41) is 19.2. The van der Waals surface area contributed by atoms with Gasteiger partial charge in [0.05, 0.1) is 17.5 Å². The Kier molecular flexibility index (Phi) is 6.40. The van der Waals surface area contributed by atoms with Crippen molar-refractivity contribution in [2.45, 2.75) is 37.1 Å². The van der Waals surface area contributed by atoms with Gasteiger partial charge in [-0.2, -0.15) is 0 Å². The third kappa shape index (κ3) is 3.82. The summed E-state index contributed by atoms with van der Waals surface area (Å²) >= 11 is 9.82. The predicted molar refractivity (Wildman–Crippen MR) is 139 cm³/mol. The van der Waals surface area contributed by atoms with E-state index in [2.05, 4.69) is 26.6 Å². The molecule has 10 heteroatoms. The van der Waals surface area contributed by atoms with Crippen LogP contribution in [0.2, 0.25) is 5.02 Å². The number of amides is 1. The fourth-order valence-corrected chi connectivity index (χ4v) is 6.16. The van der Waals surface area contributed by atoms with Gasteiger partial charge in [-0.1, -0.05) is 48.0 Å². The number of nitro groups is 1. The predicted octanol–water partition coefficient (Wildman–Crippen LogP) is 5.26. The van der Waals surface area contributed by atoms with Crippen molar-refractivity contribution in [2.75, 3.05) is 12.4 Å². The maximum Gasteiger partial charge on any atom is 0.256 e. The van der Waals surface area contributed by atoms with Gasteiger partial charge in [0.15, 0.2) is 17.0 Å². The SMILES string of the molecule is COc1cc([C@@H]2[C@H](C)N[C@]3(C(=O)Nc4ccccc43)[C@@H]2[N+](=O)[O-])cc(Br)c1OCc1ccccc1Cl. The molecule has 0 bridgehead atoms. The van der Waals surface area contributed by atoms with Crippen LogP contribution in [-0.4, -0.2) is 30.0 Å². The first-order valence-corrected chi connectivity index (χ1v) is 12.5. The first-order valence-electron chi connectivity index (χ1n) is 11.3. The third-order valence-electron chi connectivity index (χ3n) is 6.93. The Morgan fingerprint density at radius 3 is 2.61 bits per heavy atom. The zero-order valence-corrected chi connectivity index (χ0v) is 21.8. The first-order chi connectivity index (χ1) is 17.3. The molecule has 36 heavy (non-hydrogen) atoms. The normalized spacial score (nSPS) is 24.4. The molecular formula is C26H23BrClN3O5. The van der Waals surface area contributed by atoms with Crippen molar-refractivity contribution in [3.8, 4) is 11.5 Å². The molecule has 1 spiro atoms. The standard InChI is InChI=1S/C26H23BrClN3O5/c1-14-22(24(31(33)34)26(30-14)17-8-4-6-10-20(17)29-25(26)32)16-11-18(27)23(21(12-16)35-2)36-13-15-7-3-5-9-19(15)28/h3-12,14,22,24,30H,13H2,1-2H3,(H,29,32)/t14-,22-,24+,26-/m0/s1. The molecule has 5 rings (SSSR count). The molecule has 1 saturated heterocycles. The second-order valence-electron chi connectivity index (χ2n) is 8.91. The Labute approximate surface area is 221 Å². The summed E-state index contributed by atoms with van der Waals surface area (Å²) in [6.07, 6.45) is 0. The lowest BCUT2D eigenvalue weighted by Gasteiger charge is -2.25. The summed E-state index contributed by atoms with van der Waals surface area (Å²) < 4.78 is 12.2. The van der Waals surface area contributed by atoms with Crippen LogP contribution in [-0.2, 0) is 16.9 Å². The zero-order valence-electron chi connectivity index (χ0n) is 19.5. The number of methoxy groups -OCH3 is 1. The number of halogens is 2. The highest BCUT2D eigenvalue weighted by atomic mass is 79.9. The molecule has 1 amide bonds. The summed E-state index contributed by atoms with van der Waals surface area (Å²) in [6.45, 7) is 2.07. The molecular weight excluding hydrogens is 550 g/mol. The molecule has 186 valence electrons. The minimum Gasteiger partial charge on any atom is -0.493 e. The van der Waals surface area contributed by atoms with Crippen LogP contribution in [0.5, 0.6) is 11.5 Å². The summed E-state index contributed by atoms with van der Waals surface area (Å²) in [5.74, 6) is -0.181. The van der Waals surface area contributed by atoms with Crippen LogP contribution in [0.15, 0.2) is 65.1 Å². The van der Waals surface area contributed by atoms with E-state index in [4.69, 9.17) is 21.1 Å². The first kappa shape index (κ1) is 24.5. The van der Waals surface area contributed by atoms with Gasteiger partial charge in [-0.3, -0.25) is 20.2 Å². The van der Waals surface area contributed by atoms with Gasteiger partial charge in [0.2, 0.25) is 0 Å². The Morgan fingerprint density at radius 1 is 1.17 bits per heavy atom. The Hall–Kier alpha value is -3.14. The monoisotopic (exact) mass is 571 g/mol. The van der Waals surface area contributed by atoms with Gasteiger partial charge in [-0.15, -0.1) is 0 Å². The molecule has 0 aliphatic carbocycles. The van der Waals surface area contributed by atoms with Crippen LogP contribution in [0.4, 0.5) is 5.69 Å². The van der Waals surface area contributed by atoms with Gasteiger partial charge in [0.25, 0.3) is 11.9 Å². The quantitative estimate of drug-likeness (QED) is 0.309. The molecule has 0 aromatic heterocycles. The topological polar surface area (TPSA) is 103 Å². The van der Waals surface area contributed by atoms with E-state index >= 15 is 0 Å². The second-order valence-corrected chi connectivity index (χ2v) is 10.2. The number of anilines is 1. The number of carbonyl (C=O) groups excluding carboxylic acids is 1. The average Bonchev–Trinajstić information content (AvgIpc) is 3.32. The number of nitrogens with zero attached hydrogens (tertiary/aromatic N) is 1. The average molecular weight is 573 g/mol. The molecule has 2 aliphatic heterocycles. The number of hydrogen-bond donors (Lipinski definition) is 2. The van der Waals surface area contributed by atoms with Gasteiger partial charge in [0.1, 0.15) is 6.61 Å². The van der Waals surface area contributed by atoms with Crippen LogP contribution < -0.4 is 20.1 Å². The number of benzene rings is 3. The minimum absolute atomic E-state index is 0.215. The molecule has 0 radical (unpaired) electrons. The van der Waals surface area contributed by atoms with E-state index in [-0.39, 0.29) is 17.6 Å². The van der Waals surface area contributed by atoms with E-state index in [9.17, 15) is 14.9 Å². The van der Waals surface area contributed by atoms with E-state index in [0.717, 1.165) is 5.56 Å². The maximum atomic E-state index is 13.2. The molecule has 3 aromatic rings. The molecule has 2 heterocycles. The number of para-hydroxylation sites is 1. The van der Waals surface area contributed by atoms with Gasteiger partial charge in [-0.05, 0) is 52.7 Å². The largest absolute Gasteiger partial charge is 0.493 e. The van der Waals surface area contributed by atoms with E-state index in [1.807, 2.05) is 25.1 Å². The van der Waals surface area contributed by atoms with Crippen molar-refractivity contribution in [3.05, 3.63) is 97.0 Å². The Balaban J connectivity index is 1.54. The lowest BCUT2D eigenvalue weighted by atomic mass is 9.78. The lowest BCUT2D eigenvalue weighted by Crippen LogP contribution is -2.54. The Morgan fingerprint density at radius 2 is 1.89 bits per heavy atom. The summed E-state index contributed by atoms with van der Waals surface area (Å²) in [5.41, 5.74) is 1.14. The van der Waals surface area contributed by atoms with Crippen molar-refractivity contribution in [2.24, 2.45) is 0 Å². The van der Waals surface area contributed by atoms with Crippen molar-refractivity contribution in [3.63, 3.8) is 0 Å². The summed E-state index contributed by atoms with van der Waals surface area (Å²) in [4.78, 5) is 25.4. The molecule has 0 unspecified atom stereocenters.